The van der Waals surface area contributed by atoms with E-state index in [0.717, 1.165) is 37.9 Å². The minimum absolute atomic E-state index is 0.0416. The van der Waals surface area contributed by atoms with Crippen molar-refractivity contribution in [2.45, 2.75) is 13.8 Å². The third-order valence-electron chi connectivity index (χ3n) is 11.6. The topological polar surface area (TPSA) is 116 Å². The normalized spacial score (nSPS) is 12.5. The van der Waals surface area contributed by atoms with E-state index in [2.05, 4.69) is 105 Å². The van der Waals surface area contributed by atoms with Crippen LogP contribution >= 0.6 is 0 Å². The van der Waals surface area contributed by atoms with Crippen molar-refractivity contribution in [3.8, 4) is 0 Å². The minimum Gasteiger partial charge on any atom is -0.329 e. The molecule has 254 valence electrons. The molecule has 11 aromatic carbocycles. The van der Waals surface area contributed by atoms with Crippen LogP contribution in [0.2, 0.25) is 0 Å². The summed E-state index contributed by atoms with van der Waals surface area (Å²) in [6.07, 6.45) is 0. The third kappa shape index (κ3) is 3.71. The molecule has 0 radical (unpaired) electrons. The molecule has 0 aliphatic carbocycles. The first-order chi connectivity index (χ1) is 26.3. The van der Waals surface area contributed by atoms with Gasteiger partial charge in [-0.2, -0.15) is 4.98 Å². The van der Waals surface area contributed by atoms with Gasteiger partial charge in [0, 0.05) is 23.1 Å². The molecule has 0 unspecified atom stereocenters. The number of benzene rings is 11. The molecule has 8 nitrogen and oxygen atoms in total. The summed E-state index contributed by atoms with van der Waals surface area (Å²) < 4.78 is 0. The van der Waals surface area contributed by atoms with E-state index in [1.807, 2.05) is 19.1 Å². The van der Waals surface area contributed by atoms with Crippen molar-refractivity contribution in [2.24, 2.45) is 0 Å². The van der Waals surface area contributed by atoms with E-state index in [1.54, 1.807) is 13.0 Å². The number of nitrogens with zero attached hydrogens (tertiary/aromatic N) is 1. The Kier molecular flexibility index (Phi) is 5.40. The van der Waals surface area contributed by atoms with Crippen molar-refractivity contribution in [2.75, 3.05) is 16.0 Å². The highest BCUT2D eigenvalue weighted by Crippen LogP contribution is 2.55. The Balaban J connectivity index is 1.09. The van der Waals surface area contributed by atoms with Crippen LogP contribution in [0.25, 0.3) is 97.0 Å². The standard InChI is InChI=1S/C46H27N5O3/c1-20-3-14-28(19-31(20)49-46(54)51-45-47-21(2)17-32(52)50-45)48-44(53)39-29-15-12-24-6-4-22-8-10-26-18-27-11-9-23-5-7-25-13-16-30(39)41-36(25)34(23)38(27)42-37(26)33(22)35(24)40(29)43(41)42/h3-19H,1-2H3,(H,48,53)(H3,47,49,50,51,52,54). The van der Waals surface area contributed by atoms with E-state index in [1.165, 1.54) is 70.7 Å². The summed E-state index contributed by atoms with van der Waals surface area (Å²) in [6.45, 7) is 3.58. The van der Waals surface area contributed by atoms with Crippen LogP contribution in [0.15, 0.2) is 108 Å². The number of carbonyl (C=O) groups excluding carboxylic acids is 2. The number of H-pyrrole nitrogens is 1. The lowest BCUT2D eigenvalue weighted by Gasteiger charge is -2.26. The van der Waals surface area contributed by atoms with E-state index >= 15 is 0 Å². The Morgan fingerprint density at radius 2 is 1.02 bits per heavy atom. The van der Waals surface area contributed by atoms with Gasteiger partial charge in [-0.15, -0.1) is 0 Å². The molecule has 1 aromatic heterocycles. The van der Waals surface area contributed by atoms with Gasteiger partial charge in [0.1, 0.15) is 0 Å². The zero-order chi connectivity index (χ0) is 36.1. The monoisotopic (exact) mass is 697 g/mol. The lowest BCUT2D eigenvalue weighted by molar-refractivity contribution is 0.103. The van der Waals surface area contributed by atoms with Crippen molar-refractivity contribution in [3.63, 3.8) is 0 Å². The van der Waals surface area contributed by atoms with Gasteiger partial charge in [0.25, 0.3) is 11.5 Å². The molecular weight excluding hydrogens is 671 g/mol. The molecule has 4 N–H and O–H groups in total. The number of aryl methyl sites for hydroxylation is 2. The van der Waals surface area contributed by atoms with Crippen molar-refractivity contribution >= 4 is 126 Å². The second-order valence-corrected chi connectivity index (χ2v) is 14.6. The van der Waals surface area contributed by atoms with Crippen molar-refractivity contribution in [3.05, 3.63) is 130 Å². The maximum atomic E-state index is 14.9. The van der Waals surface area contributed by atoms with Crippen LogP contribution in [0.3, 0.4) is 0 Å². The number of nitrogens with one attached hydrogen (secondary N) is 4. The summed E-state index contributed by atoms with van der Waals surface area (Å²) in [7, 11) is 0. The van der Waals surface area contributed by atoms with Gasteiger partial charge >= 0.3 is 6.03 Å². The smallest absolute Gasteiger partial charge is 0.326 e. The molecule has 12 aromatic rings. The number of rotatable bonds is 4. The predicted octanol–water partition coefficient (Wildman–Crippen LogP) is 10.9. The Hall–Kier alpha value is -7.32. The molecule has 54 heavy (non-hydrogen) atoms. The summed E-state index contributed by atoms with van der Waals surface area (Å²) in [4.78, 5) is 46.5. The number of hydrogen-bond donors (Lipinski definition) is 4. The number of aromatic amines is 1. The van der Waals surface area contributed by atoms with Gasteiger partial charge in [-0.3, -0.25) is 14.9 Å². The molecule has 1 heterocycles. The van der Waals surface area contributed by atoms with Gasteiger partial charge in [0.15, 0.2) is 0 Å². The first-order valence-corrected chi connectivity index (χ1v) is 17.9. The molecule has 0 saturated carbocycles. The van der Waals surface area contributed by atoms with Gasteiger partial charge in [0.2, 0.25) is 5.95 Å². The molecule has 12 rings (SSSR count). The van der Waals surface area contributed by atoms with Gasteiger partial charge < -0.3 is 15.6 Å². The van der Waals surface area contributed by atoms with E-state index in [9.17, 15) is 14.4 Å². The predicted molar refractivity (Wildman–Crippen MR) is 221 cm³/mol. The van der Waals surface area contributed by atoms with Crippen LogP contribution in [0.5, 0.6) is 0 Å². The van der Waals surface area contributed by atoms with Crippen LogP contribution in [0.4, 0.5) is 22.1 Å². The Labute approximate surface area is 305 Å². The first kappa shape index (κ1) is 29.3. The largest absolute Gasteiger partial charge is 0.329 e. The lowest BCUT2D eigenvalue weighted by Crippen LogP contribution is -2.23. The molecule has 0 atom stereocenters. The second kappa shape index (κ2) is 9.96. The third-order valence-corrected chi connectivity index (χ3v) is 11.6. The van der Waals surface area contributed by atoms with Crippen molar-refractivity contribution in [1.82, 2.24) is 9.97 Å². The molecule has 0 aliphatic heterocycles. The summed E-state index contributed by atoms with van der Waals surface area (Å²) in [5.74, 6) is -0.193. The number of urea groups is 1. The lowest BCUT2D eigenvalue weighted by atomic mass is 9.76. The fourth-order valence-electron chi connectivity index (χ4n) is 9.45. The number of anilines is 3. The Bertz CT molecular complexity index is 3460. The van der Waals surface area contributed by atoms with Crippen LogP contribution in [-0.2, 0) is 0 Å². The number of carbonyl (C=O) groups is 2. The average molecular weight is 698 g/mol. The first-order valence-electron chi connectivity index (χ1n) is 17.9. The van der Waals surface area contributed by atoms with Gasteiger partial charge in [-0.25, -0.2) is 4.79 Å². The van der Waals surface area contributed by atoms with Crippen LogP contribution < -0.4 is 21.5 Å². The fraction of sp³-hybridized carbons (Fsp3) is 0.0435. The summed E-state index contributed by atoms with van der Waals surface area (Å²) in [6, 6.07) is 34.8. The summed E-state index contributed by atoms with van der Waals surface area (Å²) in [5.41, 5.74) is 2.56. The molecular formula is C46H27N5O3. The van der Waals surface area contributed by atoms with Crippen molar-refractivity contribution < 1.29 is 9.59 Å². The summed E-state index contributed by atoms with van der Waals surface area (Å²) in [5, 5.41) is 29.7. The summed E-state index contributed by atoms with van der Waals surface area (Å²) >= 11 is 0. The average Bonchev–Trinajstić information content (AvgIpc) is 3.16. The fourth-order valence-corrected chi connectivity index (χ4v) is 9.45. The Morgan fingerprint density at radius 3 is 1.59 bits per heavy atom. The number of aromatic nitrogens is 2. The van der Waals surface area contributed by atoms with Crippen LogP contribution in [0, 0.1) is 13.8 Å². The van der Waals surface area contributed by atoms with E-state index in [4.69, 9.17) is 0 Å². The molecule has 0 bridgehead atoms. The highest BCUT2D eigenvalue weighted by Gasteiger charge is 2.29. The van der Waals surface area contributed by atoms with Crippen LogP contribution in [-0.4, -0.2) is 21.9 Å². The highest BCUT2D eigenvalue weighted by atomic mass is 16.2. The van der Waals surface area contributed by atoms with Crippen molar-refractivity contribution in [1.29, 1.82) is 0 Å². The molecule has 8 heteroatoms. The molecule has 0 aliphatic rings. The maximum absolute atomic E-state index is 14.9. The SMILES string of the molecule is Cc1cc(=O)nc(NC(=O)Nc2cc(NC(=O)c3c4ccc5ccc6ccc7cc8ccc9ccc%10ccc3c3c%10c9c8c8c7c6c5c4c38)ccc2C)[nH]1. The number of hydrogen-bond acceptors (Lipinski definition) is 4. The maximum Gasteiger partial charge on any atom is 0.326 e. The molecule has 3 amide bonds. The highest BCUT2D eigenvalue weighted by molar-refractivity contribution is 6.54. The Morgan fingerprint density at radius 1 is 0.519 bits per heavy atom. The quantitative estimate of drug-likeness (QED) is 0.108. The molecule has 0 saturated heterocycles. The van der Waals surface area contributed by atoms with E-state index in [0.29, 0.717) is 22.6 Å². The second-order valence-electron chi connectivity index (χ2n) is 14.6. The van der Waals surface area contributed by atoms with Gasteiger partial charge in [-0.1, -0.05) is 78.9 Å². The number of amides is 3. The zero-order valence-electron chi connectivity index (χ0n) is 29.0. The van der Waals surface area contributed by atoms with Gasteiger partial charge in [-0.05, 0) is 135 Å². The van der Waals surface area contributed by atoms with E-state index < -0.39 is 11.6 Å². The van der Waals surface area contributed by atoms with Crippen LogP contribution in [0.1, 0.15) is 21.6 Å². The van der Waals surface area contributed by atoms with Gasteiger partial charge in [0.05, 0.1) is 5.56 Å². The minimum atomic E-state index is -0.576. The molecule has 0 spiro atoms. The van der Waals surface area contributed by atoms with E-state index in [-0.39, 0.29) is 11.9 Å². The zero-order valence-corrected chi connectivity index (χ0v) is 29.0. The molecule has 0 fully saturated rings.